The van der Waals surface area contributed by atoms with Crippen LogP contribution in [0.3, 0.4) is 0 Å². The standard InChI is InChI=1S/C15H25Cl/c1-10-2-6-14-11(8-10)3-4-12-9-13(16)5-7-15(12)14/h10-15H,2-9H2,1H3/t10-,11?,12?,13-,14?,15?/m0/s1. The first-order chi connectivity index (χ1) is 7.74. The summed E-state index contributed by atoms with van der Waals surface area (Å²) in [5.41, 5.74) is 0. The highest BCUT2D eigenvalue weighted by molar-refractivity contribution is 6.20. The molecule has 0 aromatic heterocycles. The van der Waals surface area contributed by atoms with Crippen LogP contribution < -0.4 is 0 Å². The molecule has 0 aliphatic heterocycles. The second-order valence-corrected chi connectivity index (χ2v) is 7.37. The Morgan fingerprint density at radius 3 is 2.12 bits per heavy atom. The van der Waals surface area contributed by atoms with Crippen LogP contribution in [0.5, 0.6) is 0 Å². The van der Waals surface area contributed by atoms with Crippen molar-refractivity contribution in [3.63, 3.8) is 0 Å². The van der Waals surface area contributed by atoms with E-state index in [1.807, 2.05) is 0 Å². The maximum absolute atomic E-state index is 6.33. The molecule has 3 saturated carbocycles. The Kier molecular flexibility index (Phi) is 3.21. The smallest absolute Gasteiger partial charge is 0.0338 e. The van der Waals surface area contributed by atoms with E-state index in [0.29, 0.717) is 5.38 Å². The molecular weight excluding hydrogens is 216 g/mol. The normalized spacial score (nSPS) is 52.9. The predicted molar refractivity (Wildman–Crippen MR) is 69.7 cm³/mol. The Morgan fingerprint density at radius 1 is 0.750 bits per heavy atom. The van der Waals surface area contributed by atoms with Crippen LogP contribution >= 0.6 is 11.6 Å². The molecule has 0 aromatic carbocycles. The van der Waals surface area contributed by atoms with Crippen molar-refractivity contribution in [3.8, 4) is 0 Å². The van der Waals surface area contributed by atoms with Gasteiger partial charge in [0.05, 0.1) is 0 Å². The first-order valence-electron chi connectivity index (χ1n) is 7.38. The second-order valence-electron chi connectivity index (χ2n) is 6.75. The van der Waals surface area contributed by atoms with Gasteiger partial charge in [-0.05, 0) is 74.5 Å². The van der Waals surface area contributed by atoms with E-state index in [4.69, 9.17) is 11.6 Å². The van der Waals surface area contributed by atoms with Crippen LogP contribution in [-0.4, -0.2) is 5.38 Å². The fourth-order valence-electron chi connectivity index (χ4n) is 4.97. The molecule has 3 aliphatic rings. The molecule has 4 unspecified atom stereocenters. The molecule has 0 spiro atoms. The summed E-state index contributed by atoms with van der Waals surface area (Å²) in [6.45, 7) is 2.46. The van der Waals surface area contributed by atoms with E-state index >= 15 is 0 Å². The first-order valence-corrected chi connectivity index (χ1v) is 7.81. The molecule has 0 N–H and O–H groups in total. The molecule has 0 radical (unpaired) electrons. The minimum absolute atomic E-state index is 0.500. The molecule has 92 valence electrons. The van der Waals surface area contributed by atoms with E-state index in [-0.39, 0.29) is 0 Å². The zero-order valence-corrected chi connectivity index (χ0v) is 11.3. The molecule has 0 bridgehead atoms. The third-order valence-corrected chi connectivity index (χ3v) is 6.14. The van der Waals surface area contributed by atoms with Gasteiger partial charge in [0.2, 0.25) is 0 Å². The van der Waals surface area contributed by atoms with Crippen LogP contribution in [-0.2, 0) is 0 Å². The SMILES string of the molecule is C[C@H]1CCC2C(CCC3C[C@@H](Cl)CCC32)C1. The summed E-state index contributed by atoms with van der Waals surface area (Å²) in [6.07, 6.45) is 11.6. The molecule has 6 atom stereocenters. The summed E-state index contributed by atoms with van der Waals surface area (Å²) in [5, 5.41) is 0.500. The van der Waals surface area contributed by atoms with Gasteiger partial charge in [-0.1, -0.05) is 13.3 Å². The molecule has 0 amide bonds. The Bertz CT molecular complexity index is 224. The van der Waals surface area contributed by atoms with Crippen molar-refractivity contribution in [2.45, 2.75) is 63.7 Å². The average Bonchev–Trinajstić information content (AvgIpc) is 2.28. The van der Waals surface area contributed by atoms with Gasteiger partial charge in [-0.2, -0.15) is 0 Å². The Balaban J connectivity index is 1.71. The molecule has 0 nitrogen and oxygen atoms in total. The number of rotatable bonds is 0. The molecule has 0 aromatic rings. The largest absolute Gasteiger partial charge is 0.123 e. The van der Waals surface area contributed by atoms with Gasteiger partial charge in [-0.25, -0.2) is 0 Å². The Morgan fingerprint density at radius 2 is 1.38 bits per heavy atom. The van der Waals surface area contributed by atoms with E-state index in [1.54, 1.807) is 0 Å². The lowest BCUT2D eigenvalue weighted by Crippen LogP contribution is -2.41. The van der Waals surface area contributed by atoms with Gasteiger partial charge in [-0.15, -0.1) is 11.6 Å². The third-order valence-electron chi connectivity index (χ3n) is 5.74. The minimum atomic E-state index is 0.500. The van der Waals surface area contributed by atoms with Gasteiger partial charge in [0, 0.05) is 5.38 Å². The molecule has 3 fully saturated rings. The van der Waals surface area contributed by atoms with Gasteiger partial charge in [-0.3, -0.25) is 0 Å². The lowest BCUT2D eigenvalue weighted by molar-refractivity contribution is 0.0154. The van der Waals surface area contributed by atoms with Gasteiger partial charge in [0.25, 0.3) is 0 Å². The van der Waals surface area contributed by atoms with Crippen LogP contribution in [0.1, 0.15) is 58.3 Å². The van der Waals surface area contributed by atoms with Crippen LogP contribution in [0.4, 0.5) is 0 Å². The number of fused-ring (bicyclic) bond motifs is 3. The molecule has 0 saturated heterocycles. The minimum Gasteiger partial charge on any atom is -0.123 e. The predicted octanol–water partition coefficient (Wildman–Crippen LogP) is 4.86. The maximum atomic E-state index is 6.33. The molecule has 3 rings (SSSR count). The molecule has 3 aliphatic carbocycles. The Hall–Kier alpha value is 0.290. The topological polar surface area (TPSA) is 0 Å². The fourth-order valence-corrected chi connectivity index (χ4v) is 5.33. The Labute approximate surface area is 105 Å². The number of hydrogen-bond acceptors (Lipinski definition) is 0. The zero-order chi connectivity index (χ0) is 11.1. The van der Waals surface area contributed by atoms with Gasteiger partial charge >= 0.3 is 0 Å². The van der Waals surface area contributed by atoms with Gasteiger partial charge < -0.3 is 0 Å². The van der Waals surface area contributed by atoms with Crippen LogP contribution in [0, 0.1) is 29.6 Å². The average molecular weight is 241 g/mol. The summed E-state index contributed by atoms with van der Waals surface area (Å²) < 4.78 is 0. The molecule has 16 heavy (non-hydrogen) atoms. The summed E-state index contributed by atoms with van der Waals surface area (Å²) in [7, 11) is 0. The van der Waals surface area contributed by atoms with E-state index in [0.717, 1.165) is 29.6 Å². The summed E-state index contributed by atoms with van der Waals surface area (Å²) >= 11 is 6.33. The van der Waals surface area contributed by atoms with E-state index < -0.39 is 0 Å². The second kappa shape index (κ2) is 4.52. The summed E-state index contributed by atoms with van der Waals surface area (Å²) in [4.78, 5) is 0. The van der Waals surface area contributed by atoms with Crippen LogP contribution in [0.15, 0.2) is 0 Å². The highest BCUT2D eigenvalue weighted by Crippen LogP contribution is 2.52. The quantitative estimate of drug-likeness (QED) is 0.531. The van der Waals surface area contributed by atoms with Crippen molar-refractivity contribution in [1.29, 1.82) is 0 Å². The monoisotopic (exact) mass is 240 g/mol. The van der Waals surface area contributed by atoms with E-state index in [9.17, 15) is 0 Å². The van der Waals surface area contributed by atoms with E-state index in [1.165, 1.54) is 51.4 Å². The van der Waals surface area contributed by atoms with Crippen molar-refractivity contribution in [2.75, 3.05) is 0 Å². The number of hydrogen-bond donors (Lipinski definition) is 0. The maximum Gasteiger partial charge on any atom is 0.0338 e. The van der Waals surface area contributed by atoms with Gasteiger partial charge in [0.1, 0.15) is 0 Å². The first kappa shape index (κ1) is 11.4. The highest BCUT2D eigenvalue weighted by Gasteiger charge is 2.43. The lowest BCUT2D eigenvalue weighted by Gasteiger charge is -2.50. The molecular formula is C15H25Cl. The van der Waals surface area contributed by atoms with Crippen molar-refractivity contribution in [1.82, 2.24) is 0 Å². The zero-order valence-electron chi connectivity index (χ0n) is 10.5. The van der Waals surface area contributed by atoms with Crippen molar-refractivity contribution in [2.24, 2.45) is 29.6 Å². The van der Waals surface area contributed by atoms with Crippen molar-refractivity contribution in [3.05, 3.63) is 0 Å². The number of alkyl halides is 1. The van der Waals surface area contributed by atoms with Crippen molar-refractivity contribution >= 4 is 11.6 Å². The van der Waals surface area contributed by atoms with Crippen LogP contribution in [0.2, 0.25) is 0 Å². The van der Waals surface area contributed by atoms with Gasteiger partial charge in [0.15, 0.2) is 0 Å². The number of halogens is 1. The molecule has 0 heterocycles. The summed E-state index contributed by atoms with van der Waals surface area (Å²) in [6, 6.07) is 0. The third kappa shape index (κ3) is 2.03. The fraction of sp³-hybridized carbons (Fsp3) is 1.00. The van der Waals surface area contributed by atoms with Crippen LogP contribution in [0.25, 0.3) is 0 Å². The lowest BCUT2D eigenvalue weighted by atomic mass is 9.56. The van der Waals surface area contributed by atoms with Crippen molar-refractivity contribution < 1.29 is 0 Å². The molecule has 1 heteroatoms. The summed E-state index contributed by atoms with van der Waals surface area (Å²) in [5.74, 6) is 5.21. The highest BCUT2D eigenvalue weighted by atomic mass is 35.5. The van der Waals surface area contributed by atoms with E-state index in [2.05, 4.69) is 6.92 Å².